The minimum absolute atomic E-state index is 0. The van der Waals surface area contributed by atoms with Gasteiger partial charge in [-0.25, -0.2) is 0 Å². The molecule has 0 aromatic heterocycles. The van der Waals surface area contributed by atoms with Gasteiger partial charge in [0.2, 0.25) is 8.32 Å². The van der Waals surface area contributed by atoms with Gasteiger partial charge in [0.05, 0.1) is 0 Å². The maximum atomic E-state index is 6.77. The molecule has 140 valence electrons. The van der Waals surface area contributed by atoms with E-state index in [4.69, 9.17) is 8.85 Å². The van der Waals surface area contributed by atoms with E-state index in [2.05, 4.69) is 71.9 Å². The summed E-state index contributed by atoms with van der Waals surface area (Å²) >= 11 is 0. The number of rotatable bonds is 10. The summed E-state index contributed by atoms with van der Waals surface area (Å²) < 4.78 is 13.5. The summed E-state index contributed by atoms with van der Waals surface area (Å²) in [6.45, 7) is 13.7. The predicted octanol–water partition coefficient (Wildman–Crippen LogP) is 4.33. The molecule has 0 aliphatic carbocycles. The van der Waals surface area contributed by atoms with Crippen LogP contribution in [0.2, 0.25) is 36.3 Å². The van der Waals surface area contributed by atoms with Crippen LogP contribution in [0.1, 0.15) is 41.5 Å². The maximum Gasteiger partial charge on any atom is 1.00 e. The van der Waals surface area contributed by atoms with Crippen LogP contribution in [0.25, 0.3) is 10.8 Å². The van der Waals surface area contributed by atoms with E-state index < -0.39 is 16.6 Å². The average Bonchev–Trinajstić information content (AvgIpc) is 3.11. The van der Waals surface area contributed by atoms with Crippen molar-refractivity contribution in [1.82, 2.24) is 0 Å². The molecule has 2 rings (SSSR count). The van der Waals surface area contributed by atoms with Gasteiger partial charge in [0, 0.05) is 0 Å². The van der Waals surface area contributed by atoms with Crippen molar-refractivity contribution in [2.24, 2.45) is 0 Å². The van der Waals surface area contributed by atoms with Crippen LogP contribution >= 0.6 is 0 Å². The van der Waals surface area contributed by atoms with E-state index in [9.17, 15) is 0 Å². The van der Waals surface area contributed by atoms with Crippen molar-refractivity contribution in [3.8, 4) is 11.5 Å². The topological polar surface area (TPSA) is 18.5 Å². The van der Waals surface area contributed by atoms with E-state index in [1.54, 1.807) is 0 Å². The zero-order valence-electron chi connectivity index (χ0n) is 17.9. The Morgan fingerprint density at radius 2 is 1.15 bits per heavy atom. The summed E-state index contributed by atoms with van der Waals surface area (Å²) in [7, 11) is -3.45. The molecule has 0 heterocycles. The first-order chi connectivity index (χ1) is 12.0. The molecule has 0 bridgehead atoms. The maximum absolute atomic E-state index is 6.77. The van der Waals surface area contributed by atoms with Gasteiger partial charge in [-0.1, -0.05) is 53.7 Å². The van der Waals surface area contributed by atoms with Crippen molar-refractivity contribution in [1.29, 1.82) is 0 Å². The fourth-order valence-corrected chi connectivity index (χ4v) is 8.81. The largest absolute Gasteiger partial charge is 1.00 e. The standard InChI is InChI=1S/C21H35O2Si2.Li/c1-7-24(8-2,9-3)22-20-16-18-14-13-15-19(18)17-21(20)23-25(10-4,11-5)12-6;/h13-17H,7-12H2,1-6H3;/q-1;+1. The third-order valence-corrected chi connectivity index (χ3v) is 15.3. The predicted molar refractivity (Wildman–Crippen MR) is 115 cm³/mol. The quantitative estimate of drug-likeness (QED) is 0.450. The van der Waals surface area contributed by atoms with Crippen LogP contribution in [0.3, 0.4) is 0 Å². The van der Waals surface area contributed by atoms with Crippen LogP contribution in [0.15, 0.2) is 30.3 Å². The third-order valence-electron chi connectivity index (χ3n) is 6.22. The van der Waals surface area contributed by atoms with Crippen LogP contribution in [0.5, 0.6) is 11.5 Å². The molecule has 2 nitrogen and oxygen atoms in total. The normalized spacial score (nSPS) is 12.1. The Balaban J connectivity index is 0.00000338. The number of benzene rings is 1. The van der Waals surface area contributed by atoms with Crippen molar-refractivity contribution in [2.45, 2.75) is 77.8 Å². The van der Waals surface area contributed by atoms with Gasteiger partial charge >= 0.3 is 18.9 Å². The molecule has 0 amide bonds. The molecule has 0 fully saturated rings. The Morgan fingerprint density at radius 3 is 1.58 bits per heavy atom. The smallest absolute Gasteiger partial charge is 0.547 e. The molecule has 0 aliphatic rings. The van der Waals surface area contributed by atoms with E-state index in [0.717, 1.165) is 47.8 Å². The van der Waals surface area contributed by atoms with Gasteiger partial charge in [-0.05, 0) is 36.3 Å². The fourth-order valence-electron chi connectivity index (χ4n) is 3.69. The second-order valence-electron chi connectivity index (χ2n) is 7.15. The Hall–Kier alpha value is -0.539. The Morgan fingerprint density at radius 1 is 0.731 bits per heavy atom. The molecule has 0 radical (unpaired) electrons. The van der Waals surface area contributed by atoms with Gasteiger partial charge in [0.25, 0.3) is 8.32 Å². The molecule has 2 aromatic carbocycles. The molecule has 26 heavy (non-hydrogen) atoms. The molecular formula is C21H35LiO2Si2. The van der Waals surface area contributed by atoms with Crippen molar-refractivity contribution in [3.05, 3.63) is 30.3 Å². The van der Waals surface area contributed by atoms with E-state index in [-0.39, 0.29) is 18.9 Å². The minimum atomic E-state index is -1.73. The second kappa shape index (κ2) is 10.1. The summed E-state index contributed by atoms with van der Waals surface area (Å²) in [5.74, 6) is 1.98. The zero-order valence-corrected chi connectivity index (χ0v) is 19.9. The van der Waals surface area contributed by atoms with E-state index in [1.807, 2.05) is 0 Å². The summed E-state index contributed by atoms with van der Waals surface area (Å²) in [5, 5.41) is 2.51. The van der Waals surface area contributed by atoms with Crippen molar-refractivity contribution in [3.63, 3.8) is 0 Å². The van der Waals surface area contributed by atoms with Gasteiger partial charge in [-0.2, -0.15) is 12.1 Å². The summed E-state index contributed by atoms with van der Waals surface area (Å²) in [6.07, 6.45) is 0. The molecule has 0 N–H and O–H groups in total. The number of hydrogen-bond donors (Lipinski definition) is 0. The van der Waals surface area contributed by atoms with Gasteiger partial charge in [0.15, 0.2) is 0 Å². The fraction of sp³-hybridized carbons (Fsp3) is 0.571. The van der Waals surface area contributed by atoms with Crippen LogP contribution in [-0.4, -0.2) is 16.6 Å². The second-order valence-corrected chi connectivity index (χ2v) is 16.5. The zero-order chi connectivity index (χ0) is 18.5. The molecule has 5 heteroatoms. The summed E-state index contributed by atoms with van der Waals surface area (Å²) in [6, 6.07) is 17.8. The van der Waals surface area contributed by atoms with E-state index in [0.29, 0.717) is 0 Å². The first-order valence-electron chi connectivity index (χ1n) is 10.1. The van der Waals surface area contributed by atoms with Crippen LogP contribution < -0.4 is 27.7 Å². The summed E-state index contributed by atoms with van der Waals surface area (Å²) in [4.78, 5) is 0. The molecule has 0 unspecified atom stereocenters. The molecule has 0 saturated carbocycles. The van der Waals surface area contributed by atoms with Gasteiger partial charge in [-0.3, -0.25) is 0 Å². The Kier molecular flexibility index (Phi) is 9.15. The van der Waals surface area contributed by atoms with Gasteiger partial charge in [-0.15, -0.1) is 16.8 Å². The molecule has 0 atom stereocenters. The molecule has 2 aromatic rings. The van der Waals surface area contributed by atoms with Crippen LogP contribution in [-0.2, 0) is 0 Å². The number of hydrogen-bond acceptors (Lipinski definition) is 2. The minimum Gasteiger partial charge on any atom is -0.547 e. The van der Waals surface area contributed by atoms with Crippen molar-refractivity contribution >= 4 is 27.4 Å². The Bertz CT molecular complexity index is 603. The monoisotopic (exact) mass is 382 g/mol. The van der Waals surface area contributed by atoms with E-state index in [1.165, 1.54) is 10.8 Å². The molecular weight excluding hydrogens is 347 g/mol. The van der Waals surface area contributed by atoms with Gasteiger partial charge < -0.3 is 8.85 Å². The van der Waals surface area contributed by atoms with Gasteiger partial charge in [0.1, 0.15) is 11.5 Å². The van der Waals surface area contributed by atoms with E-state index >= 15 is 0 Å². The number of fused-ring (bicyclic) bond motifs is 1. The third kappa shape index (κ3) is 4.84. The molecule has 0 spiro atoms. The molecule has 0 saturated heterocycles. The first-order valence-corrected chi connectivity index (χ1v) is 15.1. The van der Waals surface area contributed by atoms with Crippen LogP contribution in [0.4, 0.5) is 0 Å². The van der Waals surface area contributed by atoms with Crippen molar-refractivity contribution < 1.29 is 27.7 Å². The van der Waals surface area contributed by atoms with Crippen molar-refractivity contribution in [2.75, 3.05) is 0 Å². The Labute approximate surface area is 174 Å². The molecule has 0 aliphatic heterocycles. The van der Waals surface area contributed by atoms with Crippen LogP contribution in [0, 0.1) is 0 Å². The average molecular weight is 383 g/mol. The first kappa shape index (κ1) is 23.5. The SMILES string of the molecule is CC[Si](CC)(CC)Oc1cc2cc[cH-]c2cc1O[Si](CC)(CC)CC.[Li+]. The summed E-state index contributed by atoms with van der Waals surface area (Å²) in [5.41, 5.74) is 0.